The van der Waals surface area contributed by atoms with Crippen LogP contribution in [0.3, 0.4) is 0 Å². The first-order valence-electron chi connectivity index (χ1n) is 15.5. The molecule has 236 valence electrons. The molecule has 9 nitrogen and oxygen atoms in total. The van der Waals surface area contributed by atoms with Gasteiger partial charge in [-0.05, 0) is 57.8 Å². The zero-order valence-electron chi connectivity index (χ0n) is 26.1. The number of carbonyl (C=O) groups is 1. The number of rotatable bonds is 9. The number of aromatic nitrogens is 2. The monoisotopic (exact) mass is 631 g/mol. The van der Waals surface area contributed by atoms with Gasteiger partial charge in [0.15, 0.2) is 5.83 Å². The zero-order valence-corrected chi connectivity index (χ0v) is 26.9. The summed E-state index contributed by atoms with van der Waals surface area (Å²) < 4.78 is 20.3. The van der Waals surface area contributed by atoms with E-state index in [4.69, 9.17) is 26.3 Å². The number of nitriles is 1. The predicted molar refractivity (Wildman–Crippen MR) is 174 cm³/mol. The molecule has 2 aromatic carbocycles. The van der Waals surface area contributed by atoms with E-state index in [1.165, 1.54) is 4.90 Å². The van der Waals surface area contributed by atoms with Gasteiger partial charge in [0.05, 0.1) is 42.4 Å². The fourth-order valence-electron chi connectivity index (χ4n) is 6.81. The molecule has 6 rings (SSSR count). The van der Waals surface area contributed by atoms with Crippen molar-refractivity contribution < 1.29 is 13.9 Å². The molecule has 2 fully saturated rings. The van der Waals surface area contributed by atoms with Gasteiger partial charge < -0.3 is 24.3 Å². The van der Waals surface area contributed by atoms with Crippen molar-refractivity contribution in [2.75, 3.05) is 56.7 Å². The van der Waals surface area contributed by atoms with E-state index in [1.807, 2.05) is 18.2 Å². The van der Waals surface area contributed by atoms with Gasteiger partial charge in [-0.3, -0.25) is 4.79 Å². The molecule has 3 heterocycles. The minimum atomic E-state index is -1.02. The molecule has 45 heavy (non-hydrogen) atoms. The Balaban J connectivity index is 1.34. The first-order valence-corrected chi connectivity index (χ1v) is 15.9. The predicted octanol–water partition coefficient (Wildman–Crippen LogP) is 5.37. The average molecular weight is 632 g/mol. The number of anilines is 2. The van der Waals surface area contributed by atoms with Crippen molar-refractivity contribution in [3.05, 3.63) is 65.1 Å². The van der Waals surface area contributed by atoms with Crippen molar-refractivity contribution in [3.8, 4) is 12.1 Å². The van der Waals surface area contributed by atoms with Crippen LogP contribution in [-0.4, -0.2) is 84.6 Å². The van der Waals surface area contributed by atoms with E-state index in [-0.39, 0.29) is 18.4 Å². The maximum atomic E-state index is 13.8. The van der Waals surface area contributed by atoms with Gasteiger partial charge in [-0.1, -0.05) is 42.4 Å². The Morgan fingerprint density at radius 1 is 1.20 bits per heavy atom. The van der Waals surface area contributed by atoms with Crippen molar-refractivity contribution in [2.24, 2.45) is 5.41 Å². The third kappa shape index (κ3) is 6.03. The van der Waals surface area contributed by atoms with E-state index >= 15 is 0 Å². The minimum Gasteiger partial charge on any atom is -0.463 e. The Kier molecular flexibility index (Phi) is 8.59. The molecule has 3 aromatic rings. The average Bonchev–Trinajstić information content (AvgIpc) is 3.83. The van der Waals surface area contributed by atoms with Gasteiger partial charge >= 0.3 is 6.01 Å². The Hall–Kier alpha value is -3.94. The molecule has 1 aliphatic carbocycles. The number of amides is 1. The third-order valence-electron chi connectivity index (χ3n) is 9.84. The zero-order chi connectivity index (χ0) is 31.9. The maximum Gasteiger partial charge on any atom is 0.318 e. The van der Waals surface area contributed by atoms with Gasteiger partial charge in [-0.2, -0.15) is 15.2 Å². The van der Waals surface area contributed by atoms with Crippen molar-refractivity contribution >= 4 is 39.8 Å². The first-order chi connectivity index (χ1) is 21.6. The summed E-state index contributed by atoms with van der Waals surface area (Å²) >= 11 is 6.70. The van der Waals surface area contributed by atoms with Crippen molar-refractivity contribution in [1.82, 2.24) is 19.8 Å². The lowest BCUT2D eigenvalue weighted by Crippen LogP contribution is -2.55. The van der Waals surface area contributed by atoms with E-state index in [2.05, 4.69) is 66.6 Å². The molecular weight excluding hydrogens is 593 g/mol. The lowest BCUT2D eigenvalue weighted by molar-refractivity contribution is -0.131. The SMILES string of the molecule is C=C(F)C(=O)N1CCN(c2nc(OCC3(C(C)N(C)C)CC3)nc3c2CCN(c2cccc4cccc(Cl)c24)C3)C[C@@H]1CC#N. The first kappa shape index (κ1) is 31.1. The molecule has 0 bridgehead atoms. The van der Waals surface area contributed by atoms with Crippen LogP contribution in [0.1, 0.15) is 37.4 Å². The van der Waals surface area contributed by atoms with Crippen LogP contribution in [-0.2, 0) is 17.8 Å². The highest BCUT2D eigenvalue weighted by Crippen LogP contribution is 2.50. The van der Waals surface area contributed by atoms with Gasteiger partial charge in [-0.25, -0.2) is 4.39 Å². The maximum absolute atomic E-state index is 13.8. The van der Waals surface area contributed by atoms with Gasteiger partial charge in [0.25, 0.3) is 5.91 Å². The summed E-state index contributed by atoms with van der Waals surface area (Å²) in [6, 6.07) is 14.5. The summed E-state index contributed by atoms with van der Waals surface area (Å²) in [5.74, 6) is -1.03. The van der Waals surface area contributed by atoms with Crippen molar-refractivity contribution in [2.45, 2.75) is 51.2 Å². The number of fused-ring (bicyclic) bond motifs is 2. The highest BCUT2D eigenvalue weighted by molar-refractivity contribution is 6.36. The quantitative estimate of drug-likeness (QED) is 0.291. The molecular formula is C34H39ClFN7O2. The Bertz CT molecular complexity index is 1660. The number of benzene rings is 2. The summed E-state index contributed by atoms with van der Waals surface area (Å²) in [6.45, 7) is 8.26. The summed E-state index contributed by atoms with van der Waals surface area (Å²) in [7, 11) is 4.18. The van der Waals surface area contributed by atoms with Crippen LogP contribution in [0, 0.1) is 16.7 Å². The summed E-state index contributed by atoms with van der Waals surface area (Å²) in [5.41, 5.74) is 3.02. The highest BCUT2D eigenvalue weighted by atomic mass is 35.5. The Morgan fingerprint density at radius 2 is 1.96 bits per heavy atom. The summed E-state index contributed by atoms with van der Waals surface area (Å²) in [6.07, 6.45) is 2.94. The molecule has 0 radical (unpaired) electrons. The molecule has 0 N–H and O–H groups in total. The largest absolute Gasteiger partial charge is 0.463 e. The second-order valence-electron chi connectivity index (χ2n) is 12.7. The molecule has 0 spiro atoms. The van der Waals surface area contributed by atoms with Crippen LogP contribution in [0.15, 0.2) is 48.8 Å². The van der Waals surface area contributed by atoms with E-state index in [0.29, 0.717) is 49.7 Å². The molecule has 1 unspecified atom stereocenters. The van der Waals surface area contributed by atoms with Crippen molar-refractivity contribution in [3.63, 3.8) is 0 Å². The van der Waals surface area contributed by atoms with Gasteiger partial charge in [0.1, 0.15) is 5.82 Å². The Morgan fingerprint density at radius 3 is 2.64 bits per heavy atom. The third-order valence-corrected chi connectivity index (χ3v) is 10.2. The van der Waals surface area contributed by atoms with E-state index < -0.39 is 17.8 Å². The van der Waals surface area contributed by atoms with E-state index in [9.17, 15) is 14.4 Å². The number of hydrogen-bond acceptors (Lipinski definition) is 8. The Labute approximate surface area is 268 Å². The molecule has 1 amide bonds. The number of hydrogen-bond donors (Lipinski definition) is 0. The fourth-order valence-corrected chi connectivity index (χ4v) is 7.09. The molecule has 11 heteroatoms. The molecule has 1 saturated carbocycles. The topological polar surface area (TPSA) is 88.8 Å². The smallest absolute Gasteiger partial charge is 0.318 e. The molecule has 2 aliphatic heterocycles. The van der Waals surface area contributed by atoms with Crippen LogP contribution in [0.4, 0.5) is 15.9 Å². The number of halogens is 2. The summed E-state index contributed by atoms with van der Waals surface area (Å²) in [4.78, 5) is 30.5. The van der Waals surface area contributed by atoms with Crippen molar-refractivity contribution in [1.29, 1.82) is 5.26 Å². The van der Waals surface area contributed by atoms with Gasteiger partial charge in [0.2, 0.25) is 0 Å². The number of ether oxygens (including phenoxy) is 1. The lowest BCUT2D eigenvalue weighted by atomic mass is 9.98. The molecule has 3 aliphatic rings. The number of piperazine rings is 1. The highest BCUT2D eigenvalue weighted by Gasteiger charge is 2.49. The van der Waals surface area contributed by atoms with Gasteiger partial charge in [0, 0.05) is 54.3 Å². The molecule has 2 atom stereocenters. The second-order valence-corrected chi connectivity index (χ2v) is 13.1. The second kappa shape index (κ2) is 12.5. The van der Waals surface area contributed by atoms with Gasteiger partial charge in [-0.15, -0.1) is 0 Å². The number of carbonyl (C=O) groups excluding carboxylic acids is 1. The van der Waals surface area contributed by atoms with Crippen LogP contribution in [0.2, 0.25) is 5.02 Å². The van der Waals surface area contributed by atoms with Crippen LogP contribution in [0.5, 0.6) is 6.01 Å². The lowest BCUT2D eigenvalue weighted by Gasteiger charge is -2.42. The number of nitrogens with zero attached hydrogens (tertiary/aromatic N) is 7. The molecule has 1 aromatic heterocycles. The van der Waals surface area contributed by atoms with Crippen LogP contribution in [0.25, 0.3) is 10.8 Å². The normalized spacial score (nSPS) is 19.7. The van der Waals surface area contributed by atoms with Crippen LogP contribution >= 0.6 is 11.6 Å². The standard InChI is InChI=1S/C34H39ClFN7O2/c1-22(36)32(44)43-18-17-42(19-25(43)11-15-37)31-26-12-16-41(29-10-6-8-24-7-5-9-27(35)30(24)29)20-28(26)38-33(39-31)45-21-34(13-14-34)23(2)40(3)4/h5-10,23,25H,1,11-14,16-21H2,2-4H3/t23?,25-/m0/s1. The minimum absolute atomic E-state index is 0.0628. The van der Waals surface area contributed by atoms with Crippen LogP contribution < -0.4 is 14.5 Å². The fraction of sp³-hybridized carbons (Fsp3) is 0.471. The van der Waals surface area contributed by atoms with E-state index in [0.717, 1.165) is 52.9 Å². The summed E-state index contributed by atoms with van der Waals surface area (Å²) in [5, 5.41) is 12.3. The molecule has 1 saturated heterocycles. The van der Waals surface area contributed by atoms with E-state index in [1.54, 1.807) is 0 Å².